The van der Waals surface area contributed by atoms with Gasteiger partial charge in [0, 0.05) is 6.07 Å². The fraction of sp³-hybridized carbons (Fsp3) is 0.500. The van der Waals surface area contributed by atoms with Gasteiger partial charge in [0.2, 0.25) is 6.79 Å². The van der Waals surface area contributed by atoms with Crippen LogP contribution in [-0.2, 0) is 9.84 Å². The number of nitrogens with one attached hydrogen (secondary N) is 1. The van der Waals surface area contributed by atoms with Crippen molar-refractivity contribution in [1.82, 2.24) is 5.32 Å². The predicted molar refractivity (Wildman–Crippen MR) is 65.6 cm³/mol. The number of hydrogen-bond acceptors (Lipinski definition) is 5. The number of hydrogen-bond donors (Lipinski definition) is 1. The zero-order valence-corrected chi connectivity index (χ0v) is 10.7. The first kappa shape index (κ1) is 11.8. The molecule has 18 heavy (non-hydrogen) atoms. The maximum atomic E-state index is 12.5. The van der Waals surface area contributed by atoms with Crippen molar-refractivity contribution in [2.45, 2.75) is 23.0 Å². The van der Waals surface area contributed by atoms with Gasteiger partial charge in [0.05, 0.1) is 10.1 Å². The summed E-state index contributed by atoms with van der Waals surface area (Å²) < 4.78 is 35.3. The topological polar surface area (TPSA) is 64.6 Å². The monoisotopic (exact) mass is 269 g/mol. The van der Waals surface area contributed by atoms with Crippen molar-refractivity contribution in [3.8, 4) is 11.5 Å². The lowest BCUT2D eigenvalue weighted by Gasteiger charge is -2.22. The van der Waals surface area contributed by atoms with Gasteiger partial charge < -0.3 is 14.8 Å². The van der Waals surface area contributed by atoms with Crippen LogP contribution in [0.15, 0.2) is 23.1 Å². The molecule has 6 heteroatoms. The van der Waals surface area contributed by atoms with Crippen LogP contribution in [0.2, 0.25) is 0 Å². The van der Waals surface area contributed by atoms with Crippen LogP contribution < -0.4 is 14.8 Å². The van der Waals surface area contributed by atoms with Crippen LogP contribution >= 0.6 is 0 Å². The molecular weight excluding hydrogens is 254 g/mol. The average Bonchev–Trinajstić information content (AvgIpc) is 2.87. The number of rotatable bonds is 2. The lowest BCUT2D eigenvalue weighted by atomic mass is 10.2. The summed E-state index contributed by atoms with van der Waals surface area (Å²) in [6.45, 7) is 1.68. The van der Waals surface area contributed by atoms with E-state index in [1.807, 2.05) is 0 Å². The molecule has 0 saturated carbocycles. The van der Waals surface area contributed by atoms with Crippen LogP contribution in [0, 0.1) is 0 Å². The third kappa shape index (κ3) is 1.95. The first-order chi connectivity index (χ1) is 8.68. The van der Waals surface area contributed by atoms with Gasteiger partial charge >= 0.3 is 0 Å². The van der Waals surface area contributed by atoms with Gasteiger partial charge in [-0.1, -0.05) is 0 Å². The Morgan fingerprint density at radius 1 is 1.11 bits per heavy atom. The Balaban J connectivity index is 1.93. The smallest absolute Gasteiger partial charge is 0.231 e. The second-order valence-electron chi connectivity index (χ2n) is 4.51. The average molecular weight is 269 g/mol. The highest BCUT2D eigenvalue weighted by molar-refractivity contribution is 7.92. The summed E-state index contributed by atoms with van der Waals surface area (Å²) in [5.41, 5.74) is 0. The molecule has 0 aliphatic carbocycles. The van der Waals surface area contributed by atoms with Gasteiger partial charge in [0.1, 0.15) is 0 Å². The van der Waals surface area contributed by atoms with Gasteiger partial charge in [-0.15, -0.1) is 0 Å². The second-order valence-corrected chi connectivity index (χ2v) is 6.74. The Hall–Kier alpha value is -1.27. The molecule has 0 amide bonds. The van der Waals surface area contributed by atoms with E-state index in [-0.39, 0.29) is 12.0 Å². The molecule has 1 aromatic carbocycles. The van der Waals surface area contributed by atoms with E-state index < -0.39 is 9.84 Å². The quantitative estimate of drug-likeness (QED) is 0.865. The van der Waals surface area contributed by atoms with E-state index in [1.165, 1.54) is 0 Å². The van der Waals surface area contributed by atoms with E-state index in [1.54, 1.807) is 18.2 Å². The highest BCUT2D eigenvalue weighted by Gasteiger charge is 2.30. The Morgan fingerprint density at radius 2 is 1.83 bits per heavy atom. The largest absolute Gasteiger partial charge is 0.454 e. The molecule has 1 aromatic rings. The van der Waals surface area contributed by atoms with E-state index in [0.29, 0.717) is 29.2 Å². The molecule has 2 aliphatic heterocycles. The summed E-state index contributed by atoms with van der Waals surface area (Å²) in [6, 6.07) is 4.83. The van der Waals surface area contributed by atoms with E-state index in [4.69, 9.17) is 9.47 Å². The molecule has 3 rings (SSSR count). The minimum absolute atomic E-state index is 0.159. The number of piperidine rings is 1. The Morgan fingerprint density at radius 3 is 2.61 bits per heavy atom. The van der Waals surface area contributed by atoms with E-state index in [9.17, 15) is 8.42 Å². The fourth-order valence-corrected chi connectivity index (χ4v) is 4.12. The molecule has 98 valence electrons. The number of benzene rings is 1. The van der Waals surface area contributed by atoms with Gasteiger partial charge in [-0.3, -0.25) is 0 Å². The highest BCUT2D eigenvalue weighted by atomic mass is 32.2. The van der Waals surface area contributed by atoms with Crippen molar-refractivity contribution in [3.63, 3.8) is 0 Å². The van der Waals surface area contributed by atoms with Crippen LogP contribution in [0.3, 0.4) is 0 Å². The zero-order chi connectivity index (χ0) is 12.6. The van der Waals surface area contributed by atoms with Crippen molar-refractivity contribution in [1.29, 1.82) is 0 Å². The van der Waals surface area contributed by atoms with Crippen molar-refractivity contribution in [2.24, 2.45) is 0 Å². The normalized spacial score (nSPS) is 20.0. The first-order valence-electron chi connectivity index (χ1n) is 6.02. The van der Waals surface area contributed by atoms with E-state index in [0.717, 1.165) is 13.1 Å². The molecule has 2 aliphatic rings. The molecular formula is C12H15NO4S. The standard InChI is InChI=1S/C12H15NO4S/c14-18(15,9-3-5-13-6-4-9)10-1-2-11-12(7-10)17-8-16-11/h1-2,7,9,13H,3-6,8H2. The van der Waals surface area contributed by atoms with Gasteiger partial charge in [0.15, 0.2) is 21.3 Å². The zero-order valence-electron chi connectivity index (χ0n) is 9.89. The first-order valence-corrected chi connectivity index (χ1v) is 7.57. The number of sulfone groups is 1. The van der Waals surface area contributed by atoms with Crippen LogP contribution in [-0.4, -0.2) is 33.6 Å². The minimum atomic E-state index is -3.26. The number of ether oxygens (including phenoxy) is 2. The summed E-state index contributed by atoms with van der Waals surface area (Å²) >= 11 is 0. The van der Waals surface area contributed by atoms with E-state index >= 15 is 0 Å². The molecule has 1 fully saturated rings. The molecule has 5 nitrogen and oxygen atoms in total. The SMILES string of the molecule is O=S(=O)(c1ccc2c(c1)OCO2)C1CCNCC1. The molecule has 1 saturated heterocycles. The van der Waals surface area contributed by atoms with Crippen molar-refractivity contribution in [3.05, 3.63) is 18.2 Å². The van der Waals surface area contributed by atoms with Gasteiger partial charge in [-0.05, 0) is 38.1 Å². The lowest BCUT2D eigenvalue weighted by molar-refractivity contribution is 0.174. The Bertz CT molecular complexity index is 549. The van der Waals surface area contributed by atoms with Gasteiger partial charge in [-0.25, -0.2) is 8.42 Å². The lowest BCUT2D eigenvalue weighted by Crippen LogP contribution is -2.35. The molecule has 0 aromatic heterocycles. The fourth-order valence-electron chi connectivity index (χ4n) is 2.35. The minimum Gasteiger partial charge on any atom is -0.454 e. The third-order valence-corrected chi connectivity index (χ3v) is 5.66. The number of fused-ring (bicyclic) bond motifs is 1. The highest BCUT2D eigenvalue weighted by Crippen LogP contribution is 2.35. The van der Waals surface area contributed by atoms with Crippen LogP contribution in [0.25, 0.3) is 0 Å². The maximum absolute atomic E-state index is 12.5. The summed E-state index contributed by atoms with van der Waals surface area (Å²) in [4.78, 5) is 0.332. The van der Waals surface area contributed by atoms with Crippen LogP contribution in [0.5, 0.6) is 11.5 Å². The molecule has 0 spiro atoms. The van der Waals surface area contributed by atoms with Crippen molar-refractivity contribution < 1.29 is 17.9 Å². The maximum Gasteiger partial charge on any atom is 0.231 e. The predicted octanol–water partition coefficient (Wildman–Crippen LogP) is 0.941. The summed E-state index contributed by atoms with van der Waals surface area (Å²) in [5.74, 6) is 1.13. The Labute approximate surface area is 106 Å². The summed E-state index contributed by atoms with van der Waals surface area (Å²) in [6.07, 6.45) is 1.33. The second kappa shape index (κ2) is 4.44. The molecule has 0 atom stereocenters. The molecule has 2 heterocycles. The molecule has 0 bridgehead atoms. The van der Waals surface area contributed by atoms with Crippen LogP contribution in [0.4, 0.5) is 0 Å². The Kier molecular flexibility index (Phi) is 2.91. The third-order valence-electron chi connectivity index (χ3n) is 3.40. The summed E-state index contributed by atoms with van der Waals surface area (Å²) in [5, 5.41) is 2.88. The van der Waals surface area contributed by atoms with Crippen molar-refractivity contribution >= 4 is 9.84 Å². The molecule has 0 unspecified atom stereocenters. The van der Waals surface area contributed by atoms with Gasteiger partial charge in [0.25, 0.3) is 0 Å². The summed E-state index contributed by atoms with van der Waals surface area (Å²) in [7, 11) is -3.26. The van der Waals surface area contributed by atoms with Crippen LogP contribution in [0.1, 0.15) is 12.8 Å². The van der Waals surface area contributed by atoms with Crippen molar-refractivity contribution in [2.75, 3.05) is 19.9 Å². The molecule has 1 N–H and O–H groups in total. The van der Waals surface area contributed by atoms with Gasteiger partial charge in [-0.2, -0.15) is 0 Å². The van der Waals surface area contributed by atoms with E-state index in [2.05, 4.69) is 5.32 Å². The molecule has 0 radical (unpaired) electrons.